The van der Waals surface area contributed by atoms with Crippen molar-refractivity contribution < 1.29 is 0 Å². The van der Waals surface area contributed by atoms with Crippen LogP contribution in [0.2, 0.25) is 0 Å². The molecule has 2 heterocycles. The predicted molar refractivity (Wildman–Crippen MR) is 158 cm³/mol. The Balaban J connectivity index is 1.43. The van der Waals surface area contributed by atoms with Crippen LogP contribution in [-0.2, 0) is 5.41 Å². The summed E-state index contributed by atoms with van der Waals surface area (Å²) in [4.78, 5) is 3.56. The average Bonchev–Trinajstić information content (AvgIpc) is 3.46. The summed E-state index contributed by atoms with van der Waals surface area (Å²) in [5, 5.41) is 5.22. The zero-order valence-electron chi connectivity index (χ0n) is 20.7. The maximum Gasteiger partial charge on any atom is 0.0465 e. The van der Waals surface area contributed by atoms with Crippen LogP contribution < -0.4 is 0 Å². The number of hydrogen-bond donors (Lipinski definition) is 1. The third-order valence-corrected chi connectivity index (χ3v) is 8.69. The Morgan fingerprint density at radius 2 is 1.11 bits per heavy atom. The highest BCUT2D eigenvalue weighted by Crippen LogP contribution is 2.44. The van der Waals surface area contributed by atoms with Crippen LogP contribution in [0.3, 0.4) is 0 Å². The standard InChI is InChI=1S/C34H27NS/c1-34(2,3)23-17-14-21(15-18-23)24-9-6-11-27-28-12-7-10-25(33(28)36-32(24)27)22-16-19-31-29(20-22)26-8-4-5-13-30(26)35-31/h4-20,35H,1-3H3. The monoisotopic (exact) mass is 481 g/mol. The molecule has 0 radical (unpaired) electrons. The van der Waals surface area contributed by atoms with Gasteiger partial charge in [0, 0.05) is 42.0 Å². The molecule has 2 aromatic heterocycles. The first-order valence-electron chi connectivity index (χ1n) is 12.5. The summed E-state index contributed by atoms with van der Waals surface area (Å²) in [7, 11) is 0. The third-order valence-electron chi connectivity index (χ3n) is 7.40. The minimum absolute atomic E-state index is 0.156. The van der Waals surface area contributed by atoms with Gasteiger partial charge < -0.3 is 4.98 Å². The van der Waals surface area contributed by atoms with Crippen molar-refractivity contribution in [2.45, 2.75) is 26.2 Å². The topological polar surface area (TPSA) is 15.8 Å². The molecule has 0 fully saturated rings. The quantitative estimate of drug-likeness (QED) is 0.253. The Morgan fingerprint density at radius 1 is 0.528 bits per heavy atom. The summed E-state index contributed by atoms with van der Waals surface area (Å²) < 4.78 is 2.71. The lowest BCUT2D eigenvalue weighted by molar-refractivity contribution is 0.590. The van der Waals surface area contributed by atoms with E-state index >= 15 is 0 Å². The van der Waals surface area contributed by atoms with Crippen molar-refractivity contribution in [2.24, 2.45) is 0 Å². The van der Waals surface area contributed by atoms with Gasteiger partial charge in [-0.15, -0.1) is 11.3 Å². The second-order valence-corrected chi connectivity index (χ2v) is 11.7. The van der Waals surface area contributed by atoms with E-state index in [4.69, 9.17) is 0 Å². The molecule has 1 N–H and O–H groups in total. The molecule has 174 valence electrons. The second kappa shape index (κ2) is 7.81. The van der Waals surface area contributed by atoms with E-state index in [-0.39, 0.29) is 5.41 Å². The van der Waals surface area contributed by atoms with E-state index in [1.807, 2.05) is 11.3 Å². The number of aromatic nitrogens is 1. The Morgan fingerprint density at radius 3 is 1.81 bits per heavy atom. The van der Waals surface area contributed by atoms with Crippen molar-refractivity contribution in [1.82, 2.24) is 4.98 Å². The van der Waals surface area contributed by atoms with Crippen LogP contribution in [0.4, 0.5) is 0 Å². The lowest BCUT2D eigenvalue weighted by Crippen LogP contribution is -2.10. The highest BCUT2D eigenvalue weighted by molar-refractivity contribution is 7.26. The van der Waals surface area contributed by atoms with Crippen LogP contribution in [0.15, 0.2) is 103 Å². The fourth-order valence-corrected chi connectivity index (χ4v) is 6.81. The lowest BCUT2D eigenvalue weighted by atomic mass is 9.86. The maximum atomic E-state index is 3.56. The lowest BCUT2D eigenvalue weighted by Gasteiger charge is -2.19. The van der Waals surface area contributed by atoms with Crippen molar-refractivity contribution in [2.75, 3.05) is 0 Å². The summed E-state index contributed by atoms with van der Waals surface area (Å²) in [6.07, 6.45) is 0. The number of rotatable bonds is 2. The first kappa shape index (κ1) is 21.4. The fourth-order valence-electron chi connectivity index (χ4n) is 5.44. The smallest absolute Gasteiger partial charge is 0.0465 e. The number of benzene rings is 5. The van der Waals surface area contributed by atoms with Gasteiger partial charge >= 0.3 is 0 Å². The maximum absolute atomic E-state index is 3.56. The van der Waals surface area contributed by atoms with Gasteiger partial charge in [-0.25, -0.2) is 0 Å². The van der Waals surface area contributed by atoms with Crippen LogP contribution in [0, 0.1) is 0 Å². The van der Waals surface area contributed by atoms with Crippen molar-refractivity contribution in [3.05, 3.63) is 109 Å². The zero-order chi connectivity index (χ0) is 24.4. The van der Waals surface area contributed by atoms with Crippen LogP contribution in [-0.4, -0.2) is 4.98 Å². The molecular formula is C34H27NS. The predicted octanol–water partition coefficient (Wildman–Crippen LogP) is 10.3. The number of aromatic amines is 1. The Bertz CT molecular complexity index is 1910. The molecule has 0 saturated heterocycles. The van der Waals surface area contributed by atoms with Gasteiger partial charge in [0.15, 0.2) is 0 Å². The molecule has 0 saturated carbocycles. The minimum atomic E-state index is 0.156. The van der Waals surface area contributed by atoms with E-state index in [0.717, 1.165) is 0 Å². The molecule has 0 aliphatic carbocycles. The first-order chi connectivity index (χ1) is 17.5. The fraction of sp³-hybridized carbons (Fsp3) is 0.118. The van der Waals surface area contributed by atoms with Crippen LogP contribution in [0.5, 0.6) is 0 Å². The van der Waals surface area contributed by atoms with Gasteiger partial charge in [0.05, 0.1) is 0 Å². The SMILES string of the molecule is CC(C)(C)c1ccc(-c2cccc3c2sc2c(-c4ccc5[nH]c6ccccc6c5c4)cccc23)cc1. The number of thiophene rings is 1. The Labute approximate surface area is 215 Å². The normalized spacial score (nSPS) is 12.3. The highest BCUT2D eigenvalue weighted by Gasteiger charge is 2.16. The van der Waals surface area contributed by atoms with E-state index in [1.54, 1.807) is 0 Å². The molecule has 36 heavy (non-hydrogen) atoms. The Kier molecular flexibility index (Phi) is 4.64. The number of nitrogens with one attached hydrogen (secondary N) is 1. The molecular weight excluding hydrogens is 454 g/mol. The molecule has 0 aliphatic heterocycles. The van der Waals surface area contributed by atoms with Gasteiger partial charge in [-0.1, -0.05) is 106 Å². The molecule has 7 aromatic rings. The van der Waals surface area contributed by atoms with Gasteiger partial charge in [-0.3, -0.25) is 0 Å². The summed E-state index contributed by atoms with van der Waals surface area (Å²) in [6, 6.07) is 38.0. The van der Waals surface area contributed by atoms with Crippen LogP contribution >= 0.6 is 11.3 Å². The molecule has 2 heteroatoms. The summed E-state index contributed by atoms with van der Waals surface area (Å²) in [5.74, 6) is 0. The summed E-state index contributed by atoms with van der Waals surface area (Å²) in [5.41, 5.74) is 9.05. The first-order valence-corrected chi connectivity index (χ1v) is 13.3. The van der Waals surface area contributed by atoms with Crippen LogP contribution in [0.1, 0.15) is 26.3 Å². The number of H-pyrrole nitrogens is 1. The molecule has 0 unspecified atom stereocenters. The van der Waals surface area contributed by atoms with E-state index < -0.39 is 0 Å². The number of fused-ring (bicyclic) bond motifs is 6. The highest BCUT2D eigenvalue weighted by atomic mass is 32.1. The molecule has 0 aliphatic rings. The van der Waals surface area contributed by atoms with E-state index in [1.165, 1.54) is 69.8 Å². The zero-order valence-corrected chi connectivity index (χ0v) is 21.5. The average molecular weight is 482 g/mol. The van der Waals surface area contributed by atoms with Crippen molar-refractivity contribution in [1.29, 1.82) is 0 Å². The largest absolute Gasteiger partial charge is 0.355 e. The molecule has 1 nitrogen and oxygen atoms in total. The van der Waals surface area contributed by atoms with E-state index in [0.29, 0.717) is 0 Å². The third kappa shape index (κ3) is 3.29. The van der Waals surface area contributed by atoms with E-state index in [9.17, 15) is 0 Å². The van der Waals surface area contributed by atoms with Gasteiger partial charge in [0.1, 0.15) is 0 Å². The van der Waals surface area contributed by atoms with Gasteiger partial charge in [-0.2, -0.15) is 0 Å². The molecule has 0 spiro atoms. The molecule has 0 amide bonds. The minimum Gasteiger partial charge on any atom is -0.355 e. The summed E-state index contributed by atoms with van der Waals surface area (Å²) in [6.45, 7) is 6.80. The van der Waals surface area contributed by atoms with E-state index in [2.05, 4.69) is 129 Å². The Hall–Kier alpha value is -3.88. The molecule has 0 bridgehead atoms. The second-order valence-electron chi connectivity index (χ2n) is 10.7. The summed E-state index contributed by atoms with van der Waals surface area (Å²) >= 11 is 1.92. The van der Waals surface area contributed by atoms with Crippen molar-refractivity contribution in [3.63, 3.8) is 0 Å². The van der Waals surface area contributed by atoms with Crippen molar-refractivity contribution in [3.8, 4) is 22.3 Å². The molecule has 0 atom stereocenters. The van der Waals surface area contributed by atoms with Crippen LogP contribution in [0.25, 0.3) is 64.2 Å². The van der Waals surface area contributed by atoms with Gasteiger partial charge in [0.2, 0.25) is 0 Å². The van der Waals surface area contributed by atoms with Gasteiger partial charge in [0.25, 0.3) is 0 Å². The molecule has 7 rings (SSSR count). The van der Waals surface area contributed by atoms with Gasteiger partial charge in [-0.05, 0) is 51.4 Å². The molecule has 5 aromatic carbocycles. The number of hydrogen-bond acceptors (Lipinski definition) is 1. The number of para-hydroxylation sites is 1. The van der Waals surface area contributed by atoms with Crippen molar-refractivity contribution >= 4 is 53.3 Å².